The van der Waals surface area contributed by atoms with E-state index in [0.717, 1.165) is 0 Å². The number of amides is 1. The molecule has 5 nitrogen and oxygen atoms in total. The van der Waals surface area contributed by atoms with Crippen molar-refractivity contribution in [3.05, 3.63) is 24.3 Å². The number of hydrogen-bond donors (Lipinski definition) is 0. The van der Waals surface area contributed by atoms with Crippen LogP contribution in [-0.4, -0.2) is 41.8 Å². The Bertz CT molecular complexity index is 406. The van der Waals surface area contributed by atoms with Crippen LogP contribution in [0.3, 0.4) is 0 Å². The van der Waals surface area contributed by atoms with E-state index >= 15 is 0 Å². The second-order valence-corrected chi connectivity index (χ2v) is 5.36. The number of carbonyl (C=O) groups is 2. The summed E-state index contributed by atoms with van der Waals surface area (Å²) in [6.45, 7) is 11.2. The topological polar surface area (TPSA) is 55.8 Å². The van der Waals surface area contributed by atoms with Crippen LogP contribution in [0.1, 0.15) is 27.7 Å². The number of carbonyl (C=O) groups excluding carboxylic acids is 2. The highest BCUT2D eigenvalue weighted by Crippen LogP contribution is 2.22. The van der Waals surface area contributed by atoms with Gasteiger partial charge in [0.25, 0.3) is 0 Å². The number of hydrogen-bond acceptors (Lipinski definition) is 4. The van der Waals surface area contributed by atoms with Gasteiger partial charge in [-0.15, -0.1) is 0 Å². The molecular formula is C14H21NO4. The fourth-order valence-corrected chi connectivity index (χ4v) is 1.73. The molecule has 1 rings (SSSR count). The molecule has 106 valence electrons. The molecule has 0 aromatic carbocycles. The number of rotatable bonds is 3. The summed E-state index contributed by atoms with van der Waals surface area (Å²) in [7, 11) is 0. The fraction of sp³-hybridized carbons (Fsp3) is 0.571. The highest BCUT2D eigenvalue weighted by Gasteiger charge is 2.34. The van der Waals surface area contributed by atoms with Crippen LogP contribution < -0.4 is 0 Å². The van der Waals surface area contributed by atoms with E-state index < -0.39 is 11.7 Å². The summed E-state index contributed by atoms with van der Waals surface area (Å²) in [6.07, 6.45) is 2.75. The smallest absolute Gasteiger partial charge is 0.410 e. The molecule has 1 heterocycles. The maximum Gasteiger partial charge on any atom is 0.410 e. The van der Waals surface area contributed by atoms with Gasteiger partial charge in [0.15, 0.2) is 0 Å². The van der Waals surface area contributed by atoms with Crippen molar-refractivity contribution in [2.75, 3.05) is 13.2 Å². The van der Waals surface area contributed by atoms with Gasteiger partial charge in [-0.2, -0.15) is 0 Å². The molecule has 0 bridgehead atoms. The van der Waals surface area contributed by atoms with Crippen molar-refractivity contribution >= 4 is 12.1 Å². The molecule has 0 saturated heterocycles. The van der Waals surface area contributed by atoms with Gasteiger partial charge in [-0.05, 0) is 27.7 Å². The van der Waals surface area contributed by atoms with E-state index in [1.165, 1.54) is 11.0 Å². The Morgan fingerprint density at radius 3 is 2.68 bits per heavy atom. The highest BCUT2D eigenvalue weighted by atomic mass is 16.6. The second-order valence-electron chi connectivity index (χ2n) is 5.36. The first-order valence-electron chi connectivity index (χ1n) is 6.24. The molecule has 19 heavy (non-hydrogen) atoms. The van der Waals surface area contributed by atoms with Gasteiger partial charge in [0.1, 0.15) is 12.2 Å². The molecule has 0 radical (unpaired) electrons. The van der Waals surface area contributed by atoms with E-state index in [9.17, 15) is 9.59 Å². The van der Waals surface area contributed by atoms with Crippen LogP contribution >= 0.6 is 0 Å². The van der Waals surface area contributed by atoms with Crippen molar-refractivity contribution in [1.29, 1.82) is 0 Å². The van der Waals surface area contributed by atoms with Gasteiger partial charge >= 0.3 is 12.1 Å². The van der Waals surface area contributed by atoms with E-state index in [4.69, 9.17) is 9.47 Å². The van der Waals surface area contributed by atoms with Crippen molar-refractivity contribution in [3.63, 3.8) is 0 Å². The zero-order valence-electron chi connectivity index (χ0n) is 11.9. The summed E-state index contributed by atoms with van der Waals surface area (Å²) < 4.78 is 10.3. The van der Waals surface area contributed by atoms with E-state index in [-0.39, 0.29) is 18.6 Å². The summed E-state index contributed by atoms with van der Waals surface area (Å²) in [4.78, 5) is 25.2. The van der Waals surface area contributed by atoms with Crippen molar-refractivity contribution in [1.82, 2.24) is 4.90 Å². The highest BCUT2D eigenvalue weighted by molar-refractivity contribution is 5.92. The van der Waals surface area contributed by atoms with Gasteiger partial charge in [0.05, 0.1) is 11.6 Å². The summed E-state index contributed by atoms with van der Waals surface area (Å²) in [6, 6.07) is -0.341. The Hall–Kier alpha value is -1.78. The Morgan fingerprint density at radius 2 is 2.16 bits per heavy atom. The van der Waals surface area contributed by atoms with Crippen LogP contribution in [0.2, 0.25) is 0 Å². The lowest BCUT2D eigenvalue weighted by molar-refractivity contribution is -0.150. The summed E-state index contributed by atoms with van der Waals surface area (Å²) in [5.41, 5.74) is -0.0560. The first-order valence-corrected chi connectivity index (χ1v) is 6.24. The Labute approximate surface area is 113 Å². The van der Waals surface area contributed by atoms with Crippen molar-refractivity contribution in [3.8, 4) is 0 Å². The van der Waals surface area contributed by atoms with Gasteiger partial charge in [-0.25, -0.2) is 9.59 Å². The Morgan fingerprint density at radius 1 is 1.53 bits per heavy atom. The summed E-state index contributed by atoms with van der Waals surface area (Å²) in [5, 5.41) is 0. The largest absolute Gasteiger partial charge is 0.457 e. The molecule has 0 aromatic rings. The zero-order chi connectivity index (χ0) is 14.6. The molecule has 1 atom stereocenters. The third kappa shape index (κ3) is 4.12. The molecule has 1 amide bonds. The lowest BCUT2D eigenvalue weighted by Crippen LogP contribution is -2.38. The minimum Gasteiger partial charge on any atom is -0.457 e. The number of esters is 1. The quantitative estimate of drug-likeness (QED) is 0.581. The Kier molecular flexibility index (Phi) is 4.75. The maximum atomic E-state index is 12.0. The van der Waals surface area contributed by atoms with Crippen LogP contribution in [-0.2, 0) is 14.3 Å². The van der Waals surface area contributed by atoms with E-state index in [1.807, 2.05) is 0 Å². The van der Waals surface area contributed by atoms with Crippen LogP contribution in [0.25, 0.3) is 0 Å². The van der Waals surface area contributed by atoms with Crippen molar-refractivity contribution in [2.24, 2.45) is 0 Å². The molecule has 1 aliphatic rings. The standard InChI is InChI=1S/C14H21NO4/c1-6-9-18-13(17)15-8-7-11(10(15)2)12(16)19-14(3,4)5/h6-7,10H,1,8-9H2,2-5H3/t10-/m0/s1. The van der Waals surface area contributed by atoms with E-state index in [0.29, 0.717) is 12.1 Å². The number of nitrogens with zero attached hydrogens (tertiary/aromatic N) is 1. The monoisotopic (exact) mass is 267 g/mol. The number of ether oxygens (including phenoxy) is 2. The maximum absolute atomic E-state index is 12.0. The lowest BCUT2D eigenvalue weighted by Gasteiger charge is -2.24. The fourth-order valence-electron chi connectivity index (χ4n) is 1.73. The third-order valence-electron chi connectivity index (χ3n) is 2.62. The minimum absolute atomic E-state index is 0.157. The summed E-state index contributed by atoms with van der Waals surface area (Å²) >= 11 is 0. The van der Waals surface area contributed by atoms with Crippen LogP contribution in [0.4, 0.5) is 4.79 Å². The average molecular weight is 267 g/mol. The van der Waals surface area contributed by atoms with Crippen LogP contribution in [0.5, 0.6) is 0 Å². The summed E-state index contributed by atoms with van der Waals surface area (Å²) in [5.74, 6) is -0.390. The van der Waals surface area contributed by atoms with Crippen molar-refractivity contribution in [2.45, 2.75) is 39.3 Å². The van der Waals surface area contributed by atoms with Gasteiger partial charge in [-0.1, -0.05) is 18.7 Å². The third-order valence-corrected chi connectivity index (χ3v) is 2.62. The van der Waals surface area contributed by atoms with Crippen LogP contribution in [0, 0.1) is 0 Å². The molecule has 0 aliphatic carbocycles. The SMILES string of the molecule is C=CCOC(=O)N1CC=C(C(=O)OC(C)(C)C)[C@@H]1C. The van der Waals surface area contributed by atoms with Crippen molar-refractivity contribution < 1.29 is 19.1 Å². The van der Waals surface area contributed by atoms with Gasteiger partial charge in [0, 0.05) is 6.54 Å². The van der Waals surface area contributed by atoms with E-state index in [2.05, 4.69) is 6.58 Å². The normalized spacial score (nSPS) is 18.8. The second kappa shape index (κ2) is 5.91. The first-order chi connectivity index (χ1) is 8.76. The lowest BCUT2D eigenvalue weighted by atomic mass is 10.1. The minimum atomic E-state index is -0.547. The average Bonchev–Trinajstić information content (AvgIpc) is 2.65. The molecule has 0 unspecified atom stereocenters. The van der Waals surface area contributed by atoms with Gasteiger partial charge in [-0.3, -0.25) is 4.90 Å². The molecule has 0 N–H and O–H groups in total. The molecule has 0 aromatic heterocycles. The molecular weight excluding hydrogens is 246 g/mol. The van der Waals surface area contributed by atoms with Gasteiger partial charge in [0.2, 0.25) is 0 Å². The zero-order valence-corrected chi connectivity index (χ0v) is 11.9. The molecule has 0 fully saturated rings. The van der Waals surface area contributed by atoms with E-state index in [1.54, 1.807) is 33.8 Å². The molecule has 1 aliphatic heterocycles. The predicted octanol–water partition coefficient (Wildman–Crippen LogP) is 2.28. The van der Waals surface area contributed by atoms with Gasteiger partial charge < -0.3 is 9.47 Å². The predicted molar refractivity (Wildman–Crippen MR) is 71.6 cm³/mol. The molecule has 0 saturated carbocycles. The molecule has 5 heteroatoms. The molecule has 0 spiro atoms. The van der Waals surface area contributed by atoms with Crippen LogP contribution in [0.15, 0.2) is 24.3 Å². The Balaban J connectivity index is 2.64. The first kappa shape index (κ1) is 15.3.